The molecule has 0 amide bonds. The number of aryl methyl sites for hydroxylation is 1. The second-order valence-corrected chi connectivity index (χ2v) is 6.78. The number of rotatable bonds is 4. The highest BCUT2D eigenvalue weighted by atomic mass is 16.2. The second kappa shape index (κ2) is 5.92. The molecule has 0 N–H and O–H groups in total. The summed E-state index contributed by atoms with van der Waals surface area (Å²) in [5, 5.41) is 4.48. The van der Waals surface area contributed by atoms with E-state index in [0.29, 0.717) is 12.0 Å². The predicted molar refractivity (Wildman–Crippen MR) is 87.2 cm³/mol. The zero-order valence-corrected chi connectivity index (χ0v) is 13.6. The smallest absolute Gasteiger partial charge is 0.299 e. The fourth-order valence-electron chi connectivity index (χ4n) is 3.55. The van der Waals surface area contributed by atoms with E-state index in [2.05, 4.69) is 21.0 Å². The molecule has 4 rings (SSSR count). The monoisotopic (exact) mass is 313 g/mol. The van der Waals surface area contributed by atoms with Crippen molar-refractivity contribution < 1.29 is 0 Å². The van der Waals surface area contributed by atoms with Crippen LogP contribution >= 0.6 is 0 Å². The van der Waals surface area contributed by atoms with E-state index < -0.39 is 0 Å². The number of pyridine rings is 1. The van der Waals surface area contributed by atoms with Crippen molar-refractivity contribution in [2.75, 3.05) is 13.1 Å². The van der Waals surface area contributed by atoms with Crippen LogP contribution < -0.4 is 5.69 Å². The number of hydrogen-bond acceptors (Lipinski definition) is 4. The van der Waals surface area contributed by atoms with E-state index in [9.17, 15) is 4.79 Å². The van der Waals surface area contributed by atoms with Gasteiger partial charge in [0, 0.05) is 51.0 Å². The SMILES string of the molecule is Cn1nc(C2CC2)n(C2CCN(Cc3cccnc3)CC2)c1=O. The van der Waals surface area contributed by atoms with E-state index in [0.717, 1.165) is 38.3 Å². The molecule has 0 aromatic carbocycles. The molecule has 2 aliphatic rings. The first-order valence-corrected chi connectivity index (χ1v) is 8.49. The van der Waals surface area contributed by atoms with E-state index >= 15 is 0 Å². The van der Waals surface area contributed by atoms with Crippen molar-refractivity contribution in [3.8, 4) is 0 Å². The van der Waals surface area contributed by atoms with Gasteiger partial charge in [-0.3, -0.25) is 14.5 Å². The van der Waals surface area contributed by atoms with Crippen LogP contribution in [0.15, 0.2) is 29.3 Å². The molecular weight excluding hydrogens is 290 g/mol. The molecule has 6 heteroatoms. The summed E-state index contributed by atoms with van der Waals surface area (Å²) < 4.78 is 3.49. The molecular formula is C17H23N5O. The fraction of sp³-hybridized carbons (Fsp3) is 0.588. The molecule has 0 spiro atoms. The number of likely N-dealkylation sites (tertiary alicyclic amines) is 1. The third-order valence-corrected chi connectivity index (χ3v) is 4.98. The first kappa shape index (κ1) is 14.6. The minimum absolute atomic E-state index is 0.0533. The highest BCUT2D eigenvalue weighted by Gasteiger charge is 2.33. The van der Waals surface area contributed by atoms with E-state index in [1.54, 1.807) is 7.05 Å². The molecule has 2 aromatic rings. The topological polar surface area (TPSA) is 56.0 Å². The summed E-state index contributed by atoms with van der Waals surface area (Å²) in [6, 6.07) is 4.41. The quantitative estimate of drug-likeness (QED) is 0.862. The maximum atomic E-state index is 12.4. The largest absolute Gasteiger partial charge is 0.345 e. The molecule has 0 bridgehead atoms. The molecule has 1 aliphatic heterocycles. The van der Waals surface area contributed by atoms with Gasteiger partial charge in [-0.05, 0) is 37.3 Å². The molecule has 1 saturated carbocycles. The number of nitrogens with zero attached hydrogens (tertiary/aromatic N) is 5. The van der Waals surface area contributed by atoms with E-state index in [1.807, 2.05) is 23.0 Å². The molecule has 6 nitrogen and oxygen atoms in total. The van der Waals surface area contributed by atoms with Crippen LogP contribution in [0.3, 0.4) is 0 Å². The van der Waals surface area contributed by atoms with Crippen LogP contribution in [0.4, 0.5) is 0 Å². The first-order chi connectivity index (χ1) is 11.2. The van der Waals surface area contributed by atoms with Crippen molar-refractivity contribution in [1.82, 2.24) is 24.2 Å². The summed E-state index contributed by atoms with van der Waals surface area (Å²) >= 11 is 0. The molecule has 3 heterocycles. The zero-order valence-electron chi connectivity index (χ0n) is 13.6. The minimum atomic E-state index is 0.0533. The minimum Gasteiger partial charge on any atom is -0.299 e. The van der Waals surface area contributed by atoms with Crippen LogP contribution in [0.5, 0.6) is 0 Å². The maximum Gasteiger partial charge on any atom is 0.345 e. The third kappa shape index (κ3) is 2.95. The van der Waals surface area contributed by atoms with Gasteiger partial charge in [-0.25, -0.2) is 9.48 Å². The van der Waals surface area contributed by atoms with Gasteiger partial charge in [0.15, 0.2) is 0 Å². The van der Waals surface area contributed by atoms with Gasteiger partial charge in [0.2, 0.25) is 0 Å². The summed E-state index contributed by atoms with van der Waals surface area (Å²) in [5.41, 5.74) is 1.31. The van der Waals surface area contributed by atoms with Crippen molar-refractivity contribution >= 4 is 0 Å². The Bertz CT molecular complexity index is 723. The molecule has 0 unspecified atom stereocenters. The Balaban J connectivity index is 1.45. The summed E-state index contributed by atoms with van der Waals surface area (Å²) in [6.07, 6.45) is 8.14. The predicted octanol–water partition coefficient (Wildman–Crippen LogP) is 1.69. The van der Waals surface area contributed by atoms with Crippen molar-refractivity contribution in [1.29, 1.82) is 0 Å². The van der Waals surface area contributed by atoms with Crippen molar-refractivity contribution in [3.05, 3.63) is 46.4 Å². The third-order valence-electron chi connectivity index (χ3n) is 4.98. The lowest BCUT2D eigenvalue weighted by Gasteiger charge is -2.32. The zero-order chi connectivity index (χ0) is 15.8. The van der Waals surface area contributed by atoms with Gasteiger partial charge >= 0.3 is 5.69 Å². The Morgan fingerprint density at radius 3 is 2.65 bits per heavy atom. The van der Waals surface area contributed by atoms with E-state index in [1.165, 1.54) is 23.1 Å². The molecule has 1 aliphatic carbocycles. The van der Waals surface area contributed by atoms with Crippen molar-refractivity contribution in [3.63, 3.8) is 0 Å². The molecule has 2 aromatic heterocycles. The Labute approximate surface area is 135 Å². The number of hydrogen-bond donors (Lipinski definition) is 0. The second-order valence-electron chi connectivity index (χ2n) is 6.78. The normalized spacial score (nSPS) is 20.0. The molecule has 0 atom stereocenters. The van der Waals surface area contributed by atoms with Crippen LogP contribution in [-0.2, 0) is 13.6 Å². The van der Waals surface area contributed by atoms with Gasteiger partial charge in [0.25, 0.3) is 0 Å². The summed E-state index contributed by atoms with van der Waals surface area (Å²) in [7, 11) is 1.77. The molecule has 0 radical (unpaired) electrons. The Morgan fingerprint density at radius 2 is 2.00 bits per heavy atom. The van der Waals surface area contributed by atoms with Gasteiger partial charge in [0.1, 0.15) is 5.82 Å². The highest BCUT2D eigenvalue weighted by molar-refractivity contribution is 5.09. The van der Waals surface area contributed by atoms with Gasteiger partial charge < -0.3 is 0 Å². The molecule has 2 fully saturated rings. The average Bonchev–Trinajstić information content (AvgIpc) is 3.37. The van der Waals surface area contributed by atoms with Gasteiger partial charge in [-0.1, -0.05) is 6.07 Å². The van der Waals surface area contributed by atoms with Gasteiger partial charge in [0.05, 0.1) is 0 Å². The van der Waals surface area contributed by atoms with E-state index in [-0.39, 0.29) is 5.69 Å². The van der Waals surface area contributed by atoms with Crippen LogP contribution in [-0.4, -0.2) is 37.3 Å². The van der Waals surface area contributed by atoms with Gasteiger partial charge in [-0.2, -0.15) is 5.10 Å². The number of aromatic nitrogens is 4. The highest BCUT2D eigenvalue weighted by Crippen LogP contribution is 2.40. The Morgan fingerprint density at radius 1 is 1.22 bits per heavy atom. The summed E-state index contributed by atoms with van der Waals surface area (Å²) in [6.45, 7) is 2.98. The summed E-state index contributed by atoms with van der Waals surface area (Å²) in [5.74, 6) is 1.53. The lowest BCUT2D eigenvalue weighted by molar-refractivity contribution is 0.176. The molecule has 122 valence electrons. The fourth-order valence-corrected chi connectivity index (χ4v) is 3.55. The van der Waals surface area contributed by atoms with Crippen molar-refractivity contribution in [2.45, 2.75) is 44.2 Å². The van der Waals surface area contributed by atoms with Crippen LogP contribution in [0.25, 0.3) is 0 Å². The van der Waals surface area contributed by atoms with Crippen LogP contribution in [0, 0.1) is 0 Å². The standard InChI is InChI=1S/C17H23N5O/c1-20-17(23)22(16(19-20)14-4-5-14)15-6-9-21(10-7-15)12-13-3-2-8-18-11-13/h2-3,8,11,14-15H,4-7,9-10,12H2,1H3. The Kier molecular flexibility index (Phi) is 3.77. The van der Waals surface area contributed by atoms with Gasteiger partial charge in [-0.15, -0.1) is 0 Å². The Hall–Kier alpha value is -1.95. The molecule has 1 saturated heterocycles. The maximum absolute atomic E-state index is 12.4. The number of piperidine rings is 1. The lowest BCUT2D eigenvalue weighted by Crippen LogP contribution is -2.37. The van der Waals surface area contributed by atoms with E-state index in [4.69, 9.17) is 0 Å². The van der Waals surface area contributed by atoms with Crippen LogP contribution in [0.1, 0.15) is 49.0 Å². The average molecular weight is 313 g/mol. The first-order valence-electron chi connectivity index (χ1n) is 8.49. The van der Waals surface area contributed by atoms with Crippen molar-refractivity contribution in [2.24, 2.45) is 7.05 Å². The summed E-state index contributed by atoms with van der Waals surface area (Å²) in [4.78, 5) is 19.1. The lowest BCUT2D eigenvalue weighted by atomic mass is 10.0. The van der Waals surface area contributed by atoms with Crippen LogP contribution in [0.2, 0.25) is 0 Å². The molecule has 23 heavy (non-hydrogen) atoms.